The molecule has 0 radical (unpaired) electrons. The van der Waals surface area contributed by atoms with E-state index < -0.39 is 4.56 Å². The average molecular weight is 419 g/mol. The number of hydrogen-bond donors (Lipinski definition) is 0. The summed E-state index contributed by atoms with van der Waals surface area (Å²) in [5, 5.41) is 0. The molecule has 0 aromatic heterocycles. The Morgan fingerprint density at radius 1 is 1.31 bits per heavy atom. The molecular weight excluding hydrogens is 412 g/mol. The summed E-state index contributed by atoms with van der Waals surface area (Å²) in [5.74, 6) is 0.148. The number of nitrogens with zero attached hydrogens (tertiary/aromatic N) is 1. The van der Waals surface area contributed by atoms with E-state index in [1.54, 1.807) is 0 Å². The Kier molecular flexibility index (Phi) is 2.52. The highest BCUT2D eigenvalue weighted by Gasteiger charge is 2.39. The highest BCUT2D eigenvalue weighted by molar-refractivity contribution is 14.3. The van der Waals surface area contributed by atoms with E-state index in [4.69, 9.17) is 0 Å². The molecule has 0 saturated heterocycles. The summed E-state index contributed by atoms with van der Waals surface area (Å²) in [5.41, 5.74) is 0.865. The Morgan fingerprint density at radius 2 is 1.92 bits per heavy atom. The quantitative estimate of drug-likeness (QED) is 0.590. The third kappa shape index (κ3) is 1.39. The van der Waals surface area contributed by atoms with Gasteiger partial charge in [0.05, 0.1) is 5.56 Å². The van der Waals surface area contributed by atoms with Gasteiger partial charge in [-0.05, 0) is 16.7 Å². The molecule has 0 aliphatic carbocycles. The molecule has 2 nitrogen and oxygen atoms in total. The fourth-order valence-electron chi connectivity index (χ4n) is 1.28. The van der Waals surface area contributed by atoms with Crippen molar-refractivity contribution < 1.29 is 4.79 Å². The van der Waals surface area contributed by atoms with Crippen LogP contribution < -0.4 is 0 Å². The van der Waals surface area contributed by atoms with E-state index >= 15 is 0 Å². The largest absolute Gasteiger partial charge is 0.284 e. The normalized spacial score (nSPS) is 21.5. The van der Waals surface area contributed by atoms with Crippen LogP contribution in [0.25, 0.3) is 0 Å². The second-order valence-electron chi connectivity index (χ2n) is 2.74. The minimum Gasteiger partial charge on any atom is -0.284 e. The monoisotopic (exact) mass is 419 g/mol. The summed E-state index contributed by atoms with van der Waals surface area (Å²) >= 11 is 4.75. The van der Waals surface area contributed by atoms with Crippen LogP contribution in [0.1, 0.15) is 10.4 Å². The van der Waals surface area contributed by atoms with Crippen molar-refractivity contribution in [1.82, 2.24) is 4.31 Å². The van der Waals surface area contributed by atoms with Crippen molar-refractivity contribution in [3.05, 3.63) is 29.8 Å². The van der Waals surface area contributed by atoms with Crippen LogP contribution in [0.15, 0.2) is 29.2 Å². The molecule has 0 bridgehead atoms. The van der Waals surface area contributed by atoms with Gasteiger partial charge in [0.25, 0.3) is 5.91 Å². The SMILES string of the molecule is CN1C(=O)c2ccccc2S1(I)I. The van der Waals surface area contributed by atoms with Crippen molar-refractivity contribution in [2.75, 3.05) is 7.05 Å². The van der Waals surface area contributed by atoms with Gasteiger partial charge in [0.1, 0.15) is 0 Å². The number of hydrogen-bond acceptors (Lipinski definition) is 1. The molecule has 0 N–H and O–H groups in total. The predicted molar refractivity (Wildman–Crippen MR) is 72.4 cm³/mol. The number of rotatable bonds is 0. The van der Waals surface area contributed by atoms with Gasteiger partial charge in [-0.1, -0.05) is 12.1 Å². The third-order valence-electron chi connectivity index (χ3n) is 2.01. The smallest absolute Gasteiger partial charge is 0.264 e. The lowest BCUT2D eigenvalue weighted by atomic mass is 10.2. The van der Waals surface area contributed by atoms with Crippen LogP contribution in [-0.2, 0) is 0 Å². The Morgan fingerprint density at radius 3 is 2.54 bits per heavy atom. The fraction of sp³-hybridized carbons (Fsp3) is 0.125. The molecule has 1 heterocycles. The molecule has 70 valence electrons. The van der Waals surface area contributed by atoms with Crippen molar-refractivity contribution >= 4 is 52.9 Å². The third-order valence-corrected chi connectivity index (χ3v) is 10.1. The van der Waals surface area contributed by atoms with Crippen LogP contribution in [-0.4, -0.2) is 17.3 Å². The van der Waals surface area contributed by atoms with Gasteiger partial charge >= 0.3 is 0 Å². The zero-order valence-electron chi connectivity index (χ0n) is 6.83. The van der Waals surface area contributed by atoms with Crippen LogP contribution in [0.4, 0.5) is 0 Å². The van der Waals surface area contributed by atoms with E-state index in [-0.39, 0.29) is 5.91 Å². The molecule has 1 aromatic carbocycles. The van der Waals surface area contributed by atoms with Crippen molar-refractivity contribution in [2.45, 2.75) is 4.90 Å². The maximum Gasteiger partial charge on any atom is 0.264 e. The highest BCUT2D eigenvalue weighted by Crippen LogP contribution is 2.75. The Balaban J connectivity index is 2.68. The number of carbonyl (C=O) groups excluding carboxylic acids is 1. The molecule has 1 aliphatic rings. The van der Waals surface area contributed by atoms with Crippen molar-refractivity contribution in [3.8, 4) is 0 Å². The number of amides is 1. The molecule has 0 fully saturated rings. The summed E-state index contributed by atoms with van der Waals surface area (Å²) in [6.45, 7) is 0. The molecule has 1 amide bonds. The van der Waals surface area contributed by atoms with Gasteiger partial charge in [0.15, 0.2) is 0 Å². The van der Waals surface area contributed by atoms with E-state index in [2.05, 4.69) is 42.4 Å². The lowest BCUT2D eigenvalue weighted by Gasteiger charge is -2.28. The summed E-state index contributed by atoms with van der Waals surface area (Å²) in [7, 11) is 1.87. The lowest BCUT2D eigenvalue weighted by Crippen LogP contribution is -2.16. The summed E-state index contributed by atoms with van der Waals surface area (Å²) in [6.07, 6.45) is 0. The van der Waals surface area contributed by atoms with Crippen molar-refractivity contribution in [3.63, 3.8) is 0 Å². The molecular formula is C8H7I2NOS. The molecule has 0 saturated carbocycles. The van der Waals surface area contributed by atoms with E-state index in [0.29, 0.717) is 0 Å². The first-order chi connectivity index (χ1) is 6.05. The zero-order chi connectivity index (χ0) is 9.64. The maximum atomic E-state index is 11.7. The highest BCUT2D eigenvalue weighted by atomic mass is 127. The van der Waals surface area contributed by atoms with E-state index in [9.17, 15) is 4.79 Å². The Labute approximate surface area is 103 Å². The first kappa shape index (κ1) is 10.0. The van der Waals surface area contributed by atoms with Gasteiger partial charge in [-0.15, -0.1) is 0 Å². The van der Waals surface area contributed by atoms with Crippen molar-refractivity contribution in [1.29, 1.82) is 0 Å². The molecule has 0 spiro atoms. The fourth-order valence-corrected chi connectivity index (χ4v) is 5.92. The predicted octanol–water partition coefficient (Wildman–Crippen LogP) is 3.55. The molecule has 2 rings (SSSR count). The number of benzene rings is 1. The minimum atomic E-state index is -1.11. The topological polar surface area (TPSA) is 20.3 Å². The van der Waals surface area contributed by atoms with Gasteiger partial charge in [0.2, 0.25) is 0 Å². The minimum absolute atomic E-state index is 0.148. The lowest BCUT2D eigenvalue weighted by molar-refractivity contribution is 0.0897. The van der Waals surface area contributed by atoms with E-state index in [1.165, 1.54) is 4.90 Å². The summed E-state index contributed by atoms with van der Waals surface area (Å²) < 4.78 is 0.736. The standard InChI is InChI=1S/C8H7I2NOS/c1-11-8(12)6-4-2-3-5-7(6)13(11,9)10/h2-5H,1H3. The van der Waals surface area contributed by atoms with Gasteiger partial charge in [-0.3, -0.25) is 9.10 Å². The second kappa shape index (κ2) is 3.27. The number of halogens is 2. The van der Waals surface area contributed by atoms with E-state index in [1.807, 2.05) is 35.6 Å². The maximum absolute atomic E-state index is 11.7. The van der Waals surface area contributed by atoms with Crippen LogP contribution in [0.2, 0.25) is 0 Å². The van der Waals surface area contributed by atoms with Gasteiger partial charge in [-0.2, -0.15) is 0 Å². The number of carbonyl (C=O) groups is 1. The summed E-state index contributed by atoms with van der Waals surface area (Å²) in [6, 6.07) is 7.86. The van der Waals surface area contributed by atoms with Crippen LogP contribution in [0.3, 0.4) is 0 Å². The first-order valence-electron chi connectivity index (χ1n) is 3.65. The number of fused-ring (bicyclic) bond motifs is 1. The molecule has 5 heteroatoms. The van der Waals surface area contributed by atoms with Gasteiger partial charge in [-0.25, -0.2) is 0 Å². The van der Waals surface area contributed by atoms with Crippen LogP contribution in [0, 0.1) is 0 Å². The second-order valence-corrected chi connectivity index (χ2v) is 17.3. The van der Waals surface area contributed by atoms with Crippen LogP contribution >= 0.6 is 47.0 Å². The van der Waals surface area contributed by atoms with Crippen LogP contribution in [0.5, 0.6) is 0 Å². The molecule has 1 aliphatic heterocycles. The molecule has 1 aromatic rings. The molecule has 0 atom stereocenters. The summed E-state index contributed by atoms with van der Waals surface area (Å²) in [4.78, 5) is 12.9. The van der Waals surface area contributed by atoms with Gasteiger partial charge in [0, 0.05) is 54.4 Å². The molecule has 0 unspecified atom stereocenters. The zero-order valence-corrected chi connectivity index (χ0v) is 12.0. The van der Waals surface area contributed by atoms with Crippen molar-refractivity contribution in [2.24, 2.45) is 0 Å². The average Bonchev–Trinajstić information content (AvgIpc) is 2.30. The Hall–Kier alpha value is 0.500. The Bertz CT molecular complexity index is 380. The first-order valence-corrected chi connectivity index (χ1v) is 10.3. The van der Waals surface area contributed by atoms with Gasteiger partial charge < -0.3 is 0 Å². The molecule has 13 heavy (non-hydrogen) atoms. The van der Waals surface area contributed by atoms with E-state index in [0.717, 1.165) is 5.56 Å².